The molecule has 1 fully saturated rings. The summed E-state index contributed by atoms with van der Waals surface area (Å²) in [7, 11) is 0. The first-order valence-corrected chi connectivity index (χ1v) is 4.44. The molecule has 1 aliphatic rings. The summed E-state index contributed by atoms with van der Waals surface area (Å²) >= 11 is 0. The highest BCUT2D eigenvalue weighted by Gasteiger charge is 2.20. The second-order valence-corrected chi connectivity index (χ2v) is 3.48. The maximum absolute atomic E-state index is 12.7. The van der Waals surface area contributed by atoms with Gasteiger partial charge in [0.2, 0.25) is 0 Å². The molecule has 0 aromatic heterocycles. The second kappa shape index (κ2) is 3.32. The molecule has 1 aromatic carbocycles. The Balaban J connectivity index is 2.01. The molecule has 70 valence electrons. The van der Waals surface area contributed by atoms with E-state index in [2.05, 4.69) is 5.32 Å². The minimum Gasteiger partial charge on any atom is -0.385 e. The van der Waals surface area contributed by atoms with Crippen molar-refractivity contribution >= 4 is 5.69 Å². The lowest BCUT2D eigenvalue weighted by Gasteiger charge is -2.04. The summed E-state index contributed by atoms with van der Waals surface area (Å²) in [5, 5.41) is 3.01. The number of anilines is 1. The van der Waals surface area contributed by atoms with E-state index < -0.39 is 11.6 Å². The Morgan fingerprint density at radius 3 is 2.31 bits per heavy atom. The molecule has 0 amide bonds. The van der Waals surface area contributed by atoms with Crippen LogP contribution in [0.1, 0.15) is 12.8 Å². The third-order valence-electron chi connectivity index (χ3n) is 2.15. The van der Waals surface area contributed by atoms with Crippen LogP contribution in [0, 0.1) is 17.6 Å². The summed E-state index contributed by atoms with van der Waals surface area (Å²) in [6.45, 7) is 0.822. The van der Waals surface area contributed by atoms with Crippen molar-refractivity contribution in [1.82, 2.24) is 0 Å². The molecule has 0 unspecified atom stereocenters. The van der Waals surface area contributed by atoms with E-state index in [0.29, 0.717) is 11.6 Å². The van der Waals surface area contributed by atoms with Crippen LogP contribution in [0.4, 0.5) is 14.5 Å². The molecule has 1 saturated carbocycles. The molecule has 13 heavy (non-hydrogen) atoms. The molecule has 0 bridgehead atoms. The largest absolute Gasteiger partial charge is 0.385 e. The van der Waals surface area contributed by atoms with Crippen molar-refractivity contribution in [3.63, 3.8) is 0 Å². The predicted octanol–water partition coefficient (Wildman–Crippen LogP) is 2.79. The van der Waals surface area contributed by atoms with E-state index in [1.54, 1.807) is 0 Å². The molecular formula is C10H11F2N. The Kier molecular flexibility index (Phi) is 2.17. The summed E-state index contributed by atoms with van der Waals surface area (Å²) in [6, 6.07) is 3.50. The molecule has 3 heteroatoms. The minimum absolute atomic E-state index is 0.529. The molecule has 0 aliphatic heterocycles. The number of benzene rings is 1. The van der Waals surface area contributed by atoms with E-state index in [-0.39, 0.29) is 0 Å². The molecule has 1 nitrogen and oxygen atoms in total. The van der Waals surface area contributed by atoms with Gasteiger partial charge in [-0.25, -0.2) is 8.78 Å². The van der Waals surface area contributed by atoms with Crippen LogP contribution in [0.15, 0.2) is 18.2 Å². The average molecular weight is 183 g/mol. The fourth-order valence-corrected chi connectivity index (χ4v) is 1.24. The molecule has 1 aliphatic carbocycles. The van der Waals surface area contributed by atoms with Crippen LogP contribution in [0.5, 0.6) is 0 Å². The van der Waals surface area contributed by atoms with Gasteiger partial charge in [-0.15, -0.1) is 0 Å². The van der Waals surface area contributed by atoms with Crippen LogP contribution in [0.3, 0.4) is 0 Å². The second-order valence-electron chi connectivity index (χ2n) is 3.48. The van der Waals surface area contributed by atoms with Gasteiger partial charge in [0.1, 0.15) is 11.6 Å². The van der Waals surface area contributed by atoms with Crippen LogP contribution in [0.2, 0.25) is 0 Å². The van der Waals surface area contributed by atoms with Crippen molar-refractivity contribution in [2.75, 3.05) is 11.9 Å². The SMILES string of the molecule is Fc1cc(F)cc(NCC2CC2)c1. The summed E-state index contributed by atoms with van der Waals surface area (Å²) in [6.07, 6.45) is 2.45. The maximum Gasteiger partial charge on any atom is 0.128 e. The smallest absolute Gasteiger partial charge is 0.128 e. The highest BCUT2D eigenvalue weighted by atomic mass is 19.1. The van der Waals surface area contributed by atoms with Gasteiger partial charge in [-0.05, 0) is 30.9 Å². The van der Waals surface area contributed by atoms with E-state index in [1.165, 1.54) is 25.0 Å². The lowest BCUT2D eigenvalue weighted by Crippen LogP contribution is -2.03. The first kappa shape index (κ1) is 8.48. The summed E-state index contributed by atoms with van der Waals surface area (Å²) in [5.41, 5.74) is 0.532. The van der Waals surface area contributed by atoms with Crippen molar-refractivity contribution in [3.8, 4) is 0 Å². The normalized spacial score (nSPS) is 15.8. The van der Waals surface area contributed by atoms with Crippen LogP contribution in [-0.4, -0.2) is 6.54 Å². The molecule has 0 saturated heterocycles. The predicted molar refractivity (Wildman–Crippen MR) is 47.6 cm³/mol. The fourth-order valence-electron chi connectivity index (χ4n) is 1.24. The van der Waals surface area contributed by atoms with Gasteiger partial charge >= 0.3 is 0 Å². The maximum atomic E-state index is 12.7. The first-order chi connectivity index (χ1) is 6.24. The standard InChI is InChI=1S/C10H11F2N/c11-8-3-9(12)5-10(4-8)13-6-7-1-2-7/h3-5,7,13H,1-2,6H2. The monoisotopic (exact) mass is 183 g/mol. The Labute approximate surface area is 75.8 Å². The van der Waals surface area contributed by atoms with Crippen LogP contribution < -0.4 is 5.32 Å². The highest BCUT2D eigenvalue weighted by molar-refractivity contribution is 5.43. The Morgan fingerprint density at radius 1 is 1.15 bits per heavy atom. The molecule has 0 atom stereocenters. The van der Waals surface area contributed by atoms with Crippen LogP contribution in [0.25, 0.3) is 0 Å². The third-order valence-corrected chi connectivity index (χ3v) is 2.15. The quantitative estimate of drug-likeness (QED) is 0.759. The van der Waals surface area contributed by atoms with Crippen LogP contribution in [-0.2, 0) is 0 Å². The van der Waals surface area contributed by atoms with Gasteiger partial charge in [-0.2, -0.15) is 0 Å². The van der Waals surface area contributed by atoms with Crippen molar-refractivity contribution in [2.45, 2.75) is 12.8 Å². The van der Waals surface area contributed by atoms with Crippen LogP contribution >= 0.6 is 0 Å². The van der Waals surface area contributed by atoms with Gasteiger partial charge in [-0.1, -0.05) is 0 Å². The van der Waals surface area contributed by atoms with Crippen molar-refractivity contribution in [2.24, 2.45) is 5.92 Å². The number of nitrogens with one attached hydrogen (secondary N) is 1. The van der Waals surface area contributed by atoms with Gasteiger partial charge in [-0.3, -0.25) is 0 Å². The fraction of sp³-hybridized carbons (Fsp3) is 0.400. The van der Waals surface area contributed by atoms with Gasteiger partial charge in [0.15, 0.2) is 0 Å². The van der Waals surface area contributed by atoms with Gasteiger partial charge in [0.25, 0.3) is 0 Å². The molecular weight excluding hydrogens is 172 g/mol. The zero-order chi connectivity index (χ0) is 9.26. The van der Waals surface area contributed by atoms with E-state index >= 15 is 0 Å². The Bertz CT molecular complexity index is 288. The summed E-state index contributed by atoms with van der Waals surface area (Å²) in [5.74, 6) is -0.358. The van der Waals surface area contributed by atoms with E-state index in [9.17, 15) is 8.78 Å². The van der Waals surface area contributed by atoms with Gasteiger partial charge < -0.3 is 5.32 Å². The van der Waals surface area contributed by atoms with Crippen molar-refractivity contribution in [1.29, 1.82) is 0 Å². The number of rotatable bonds is 3. The Hall–Kier alpha value is -1.12. The number of hydrogen-bond acceptors (Lipinski definition) is 1. The van der Waals surface area contributed by atoms with Gasteiger partial charge in [0.05, 0.1) is 0 Å². The topological polar surface area (TPSA) is 12.0 Å². The number of hydrogen-bond donors (Lipinski definition) is 1. The van der Waals surface area contributed by atoms with E-state index in [4.69, 9.17) is 0 Å². The third kappa shape index (κ3) is 2.41. The van der Waals surface area contributed by atoms with Crippen molar-refractivity contribution < 1.29 is 8.78 Å². The Morgan fingerprint density at radius 2 is 1.77 bits per heavy atom. The lowest BCUT2D eigenvalue weighted by atomic mass is 10.3. The van der Waals surface area contributed by atoms with Gasteiger partial charge in [0, 0.05) is 18.3 Å². The molecule has 0 heterocycles. The zero-order valence-electron chi connectivity index (χ0n) is 7.19. The summed E-state index contributed by atoms with van der Waals surface area (Å²) in [4.78, 5) is 0. The summed E-state index contributed by atoms with van der Waals surface area (Å²) < 4.78 is 25.4. The highest BCUT2D eigenvalue weighted by Crippen LogP contribution is 2.29. The molecule has 1 N–H and O–H groups in total. The molecule has 1 aromatic rings. The zero-order valence-corrected chi connectivity index (χ0v) is 7.19. The van der Waals surface area contributed by atoms with E-state index in [1.807, 2.05) is 0 Å². The molecule has 2 rings (SSSR count). The minimum atomic E-state index is -0.529. The number of halogens is 2. The molecule has 0 radical (unpaired) electrons. The average Bonchev–Trinajstić information content (AvgIpc) is 2.81. The first-order valence-electron chi connectivity index (χ1n) is 4.44. The molecule has 0 spiro atoms. The lowest BCUT2D eigenvalue weighted by molar-refractivity contribution is 0.584. The van der Waals surface area contributed by atoms with Crippen molar-refractivity contribution in [3.05, 3.63) is 29.8 Å². The van der Waals surface area contributed by atoms with E-state index in [0.717, 1.165) is 12.6 Å².